The highest BCUT2D eigenvalue weighted by Gasteiger charge is 2.28. The monoisotopic (exact) mass is 360 g/mol. The third-order valence-corrected chi connectivity index (χ3v) is 5.59. The molecule has 3 rings (SSSR count). The zero-order valence-corrected chi connectivity index (χ0v) is 16.4. The molecule has 6 heteroatoms. The number of thiophene rings is 1. The smallest absolute Gasteiger partial charge is 0.224 e. The van der Waals surface area contributed by atoms with Gasteiger partial charge in [-0.25, -0.2) is 9.97 Å². The number of anilines is 1. The van der Waals surface area contributed by atoms with Gasteiger partial charge in [-0.3, -0.25) is 4.79 Å². The minimum absolute atomic E-state index is 0.0474. The summed E-state index contributed by atoms with van der Waals surface area (Å²) in [5.41, 5.74) is 1.34. The number of hydrogen-bond donors (Lipinski definition) is 1. The second-order valence-electron chi connectivity index (χ2n) is 7.31. The summed E-state index contributed by atoms with van der Waals surface area (Å²) in [7, 11) is 0. The van der Waals surface area contributed by atoms with Gasteiger partial charge in [0.1, 0.15) is 16.5 Å². The fraction of sp³-hybridized carbons (Fsp3) is 0.632. The van der Waals surface area contributed by atoms with Crippen LogP contribution in [-0.2, 0) is 11.2 Å². The highest BCUT2D eigenvalue weighted by atomic mass is 32.1. The van der Waals surface area contributed by atoms with Gasteiger partial charge in [0.05, 0.1) is 11.3 Å². The molecule has 0 saturated carbocycles. The Morgan fingerprint density at radius 3 is 2.96 bits per heavy atom. The first-order valence-electron chi connectivity index (χ1n) is 9.27. The van der Waals surface area contributed by atoms with Crippen molar-refractivity contribution in [1.29, 1.82) is 0 Å². The molecule has 0 radical (unpaired) electrons. The van der Waals surface area contributed by atoms with E-state index < -0.39 is 0 Å². The summed E-state index contributed by atoms with van der Waals surface area (Å²) in [6, 6.07) is 0. The number of nitrogens with zero attached hydrogens (tertiary/aromatic N) is 3. The summed E-state index contributed by atoms with van der Waals surface area (Å²) in [5, 5.41) is 6.40. The molecule has 2 aromatic heterocycles. The molecule has 1 aliphatic heterocycles. The van der Waals surface area contributed by atoms with Crippen LogP contribution in [0.5, 0.6) is 0 Å². The van der Waals surface area contributed by atoms with Gasteiger partial charge in [0.2, 0.25) is 5.91 Å². The Balaban J connectivity index is 1.96. The fourth-order valence-corrected chi connectivity index (χ4v) is 4.60. The molecule has 1 N–H and O–H groups in total. The molecule has 1 saturated heterocycles. The van der Waals surface area contributed by atoms with Crippen LogP contribution in [0.3, 0.4) is 0 Å². The van der Waals surface area contributed by atoms with E-state index in [2.05, 4.69) is 34.4 Å². The first-order chi connectivity index (χ1) is 12.0. The Morgan fingerprint density at radius 2 is 2.24 bits per heavy atom. The van der Waals surface area contributed by atoms with Crippen LogP contribution < -0.4 is 10.2 Å². The summed E-state index contributed by atoms with van der Waals surface area (Å²) in [4.78, 5) is 25.1. The van der Waals surface area contributed by atoms with E-state index >= 15 is 0 Å². The second-order valence-corrected chi connectivity index (χ2v) is 8.17. The quantitative estimate of drug-likeness (QED) is 0.886. The molecule has 2 aromatic rings. The van der Waals surface area contributed by atoms with E-state index in [1.165, 1.54) is 10.9 Å². The first kappa shape index (κ1) is 18.1. The van der Waals surface area contributed by atoms with Crippen molar-refractivity contribution >= 4 is 33.3 Å². The number of aromatic nitrogens is 2. The number of carbonyl (C=O) groups is 1. The number of aryl methyl sites for hydroxylation is 1. The highest BCUT2D eigenvalue weighted by molar-refractivity contribution is 7.17. The van der Waals surface area contributed by atoms with E-state index in [9.17, 15) is 4.79 Å². The molecule has 25 heavy (non-hydrogen) atoms. The van der Waals surface area contributed by atoms with Crippen LogP contribution in [0.25, 0.3) is 10.2 Å². The maximum absolute atomic E-state index is 12.3. The van der Waals surface area contributed by atoms with Crippen LogP contribution in [0.2, 0.25) is 0 Å². The number of fused-ring (bicyclic) bond motifs is 1. The van der Waals surface area contributed by atoms with Crippen LogP contribution in [0, 0.1) is 18.8 Å². The number of piperidine rings is 1. The molecule has 1 unspecified atom stereocenters. The predicted octanol–water partition coefficient (Wildman–Crippen LogP) is 3.55. The molecule has 0 bridgehead atoms. The molecular formula is C19H28N4OS. The lowest BCUT2D eigenvalue weighted by Gasteiger charge is -2.33. The van der Waals surface area contributed by atoms with Crippen LogP contribution in [-0.4, -0.2) is 35.5 Å². The fourth-order valence-electron chi connectivity index (χ4n) is 3.61. The Kier molecular flexibility index (Phi) is 5.57. The third kappa shape index (κ3) is 3.94. The van der Waals surface area contributed by atoms with Crippen LogP contribution in [0.1, 0.15) is 45.0 Å². The van der Waals surface area contributed by atoms with Crippen LogP contribution >= 0.6 is 11.3 Å². The van der Waals surface area contributed by atoms with Crippen molar-refractivity contribution in [2.75, 3.05) is 24.5 Å². The summed E-state index contributed by atoms with van der Waals surface area (Å²) < 4.78 is 0. The predicted molar refractivity (Wildman–Crippen MR) is 104 cm³/mol. The van der Waals surface area contributed by atoms with Gasteiger partial charge >= 0.3 is 0 Å². The molecule has 0 spiro atoms. The van der Waals surface area contributed by atoms with Gasteiger partial charge in [0.15, 0.2) is 0 Å². The Morgan fingerprint density at radius 1 is 1.44 bits per heavy atom. The van der Waals surface area contributed by atoms with Gasteiger partial charge in [-0.15, -0.1) is 11.3 Å². The van der Waals surface area contributed by atoms with Crippen molar-refractivity contribution in [2.45, 2.75) is 47.0 Å². The van der Waals surface area contributed by atoms with Crippen molar-refractivity contribution in [2.24, 2.45) is 11.8 Å². The Hall–Kier alpha value is -1.69. The maximum atomic E-state index is 12.3. The summed E-state index contributed by atoms with van der Waals surface area (Å²) in [5.74, 6) is 2.64. The van der Waals surface area contributed by atoms with Gasteiger partial charge in [0, 0.05) is 19.6 Å². The van der Waals surface area contributed by atoms with E-state index in [4.69, 9.17) is 4.98 Å². The number of hydrogen-bond acceptors (Lipinski definition) is 5. The normalized spacial score (nSPS) is 18.1. The molecule has 3 heterocycles. The lowest BCUT2D eigenvalue weighted by atomic mass is 9.96. The summed E-state index contributed by atoms with van der Waals surface area (Å²) >= 11 is 1.71. The molecule has 0 aliphatic carbocycles. The van der Waals surface area contributed by atoms with Crippen LogP contribution in [0.4, 0.5) is 5.82 Å². The second kappa shape index (κ2) is 7.68. The average Bonchev–Trinajstić information content (AvgIpc) is 2.96. The van der Waals surface area contributed by atoms with E-state index in [-0.39, 0.29) is 11.8 Å². The number of rotatable bonds is 5. The third-order valence-electron chi connectivity index (χ3n) is 4.67. The van der Waals surface area contributed by atoms with Gasteiger partial charge in [-0.2, -0.15) is 0 Å². The minimum atomic E-state index is 0.0474. The zero-order valence-electron chi connectivity index (χ0n) is 15.6. The van der Waals surface area contributed by atoms with Gasteiger partial charge < -0.3 is 10.2 Å². The molecule has 1 atom stereocenters. The van der Waals surface area contributed by atoms with E-state index in [0.29, 0.717) is 12.5 Å². The van der Waals surface area contributed by atoms with Crippen molar-refractivity contribution in [3.63, 3.8) is 0 Å². The summed E-state index contributed by atoms with van der Waals surface area (Å²) in [6.07, 6.45) is 3.01. The summed E-state index contributed by atoms with van der Waals surface area (Å²) in [6.45, 7) is 10.8. The van der Waals surface area contributed by atoms with E-state index in [1.807, 2.05) is 13.8 Å². The Labute approximate surface area is 153 Å². The van der Waals surface area contributed by atoms with Gasteiger partial charge in [0.25, 0.3) is 0 Å². The maximum Gasteiger partial charge on any atom is 0.224 e. The number of nitrogens with one attached hydrogen (secondary N) is 1. The van der Waals surface area contributed by atoms with Crippen LogP contribution in [0.15, 0.2) is 5.38 Å². The number of amides is 1. The molecule has 1 fully saturated rings. The van der Waals surface area contributed by atoms with Gasteiger partial charge in [-0.05, 0) is 50.0 Å². The topological polar surface area (TPSA) is 58.1 Å². The van der Waals surface area contributed by atoms with Crippen molar-refractivity contribution in [3.8, 4) is 0 Å². The highest BCUT2D eigenvalue weighted by Crippen LogP contribution is 2.35. The molecule has 0 aromatic carbocycles. The van der Waals surface area contributed by atoms with Crippen molar-refractivity contribution in [3.05, 3.63) is 16.8 Å². The number of carbonyl (C=O) groups excluding carboxylic acids is 1. The Bertz CT molecular complexity index is 755. The van der Waals surface area contributed by atoms with Crippen molar-refractivity contribution in [1.82, 2.24) is 15.3 Å². The van der Waals surface area contributed by atoms with E-state index in [0.717, 1.165) is 48.8 Å². The standard InChI is InChI=1S/C19H28N4OS/c1-5-20-18(24)14-7-6-8-23(10-14)17-16-15(9-12(2)3)11-25-19(16)22-13(4)21-17/h11-12,14H,5-10H2,1-4H3,(H,20,24). The van der Waals surface area contributed by atoms with Gasteiger partial charge in [-0.1, -0.05) is 13.8 Å². The largest absolute Gasteiger partial charge is 0.356 e. The van der Waals surface area contributed by atoms with Crippen molar-refractivity contribution < 1.29 is 4.79 Å². The minimum Gasteiger partial charge on any atom is -0.356 e. The molecular weight excluding hydrogens is 332 g/mol. The zero-order chi connectivity index (χ0) is 18.0. The SMILES string of the molecule is CCNC(=O)C1CCCN(c2nc(C)nc3scc(CC(C)C)c23)C1. The lowest BCUT2D eigenvalue weighted by molar-refractivity contribution is -0.125. The average molecular weight is 361 g/mol. The molecule has 1 aliphatic rings. The molecule has 5 nitrogen and oxygen atoms in total. The van der Waals surface area contributed by atoms with E-state index in [1.54, 1.807) is 11.3 Å². The first-order valence-corrected chi connectivity index (χ1v) is 10.1. The molecule has 1 amide bonds. The molecule has 136 valence electrons. The lowest BCUT2D eigenvalue weighted by Crippen LogP contribution is -2.43.